The first kappa shape index (κ1) is 14.8. The van der Waals surface area contributed by atoms with E-state index in [-0.39, 0.29) is 29.6 Å². The lowest BCUT2D eigenvalue weighted by Gasteiger charge is -2.33. The number of hydrogen-bond donors (Lipinski definition) is 2. The molecule has 1 fully saturated rings. The zero-order valence-corrected chi connectivity index (χ0v) is 12.1. The van der Waals surface area contributed by atoms with Crippen molar-refractivity contribution < 1.29 is 14.0 Å². The van der Waals surface area contributed by atoms with Gasteiger partial charge in [0.25, 0.3) is 0 Å². The van der Waals surface area contributed by atoms with Crippen LogP contribution in [0.5, 0.6) is 0 Å². The molecular weight excluding hydrogens is 307 g/mol. The fourth-order valence-corrected chi connectivity index (χ4v) is 3.09. The van der Waals surface area contributed by atoms with Gasteiger partial charge in [-0.3, -0.25) is 14.9 Å². The highest BCUT2D eigenvalue weighted by molar-refractivity contribution is 8.93. The summed E-state index contributed by atoms with van der Waals surface area (Å²) in [4.78, 5) is 13.8. The van der Waals surface area contributed by atoms with Gasteiger partial charge in [-0.1, -0.05) is 13.0 Å². The standard InChI is InChI=1S/C10H15N2O3P.BrH/c1-2-8-7-15-16(13,14)10(12-8)9-5-3-4-6-11-9;/h3-6,8,10,12H,2,7H2,1H3,(H,13,14);1H. The Morgan fingerprint density at radius 2 is 2.41 bits per heavy atom. The van der Waals surface area contributed by atoms with Crippen LogP contribution < -0.4 is 5.32 Å². The minimum Gasteiger partial charge on any atom is -0.323 e. The number of aromatic nitrogens is 1. The Hall–Kier alpha value is -0.260. The fraction of sp³-hybridized carbons (Fsp3) is 0.500. The van der Waals surface area contributed by atoms with Crippen molar-refractivity contribution in [3.8, 4) is 0 Å². The Morgan fingerprint density at radius 1 is 1.65 bits per heavy atom. The number of nitrogens with one attached hydrogen (secondary N) is 1. The molecule has 2 N–H and O–H groups in total. The van der Waals surface area contributed by atoms with Crippen LogP contribution in [0.2, 0.25) is 0 Å². The normalized spacial score (nSPS) is 32.8. The molecule has 0 radical (unpaired) electrons. The van der Waals surface area contributed by atoms with Crippen LogP contribution >= 0.6 is 24.6 Å². The molecule has 96 valence electrons. The van der Waals surface area contributed by atoms with Gasteiger partial charge < -0.3 is 9.42 Å². The van der Waals surface area contributed by atoms with Crippen molar-refractivity contribution in [2.75, 3.05) is 6.61 Å². The highest BCUT2D eigenvalue weighted by atomic mass is 79.9. The summed E-state index contributed by atoms with van der Waals surface area (Å²) < 4.78 is 16.9. The van der Waals surface area contributed by atoms with Crippen molar-refractivity contribution in [2.45, 2.75) is 25.2 Å². The average molecular weight is 323 g/mol. The van der Waals surface area contributed by atoms with E-state index in [2.05, 4.69) is 10.3 Å². The summed E-state index contributed by atoms with van der Waals surface area (Å²) in [6.07, 6.45) is 2.45. The number of rotatable bonds is 2. The van der Waals surface area contributed by atoms with Crippen LogP contribution in [-0.4, -0.2) is 22.5 Å². The number of pyridine rings is 1. The molecule has 0 spiro atoms. The van der Waals surface area contributed by atoms with E-state index in [9.17, 15) is 9.46 Å². The lowest BCUT2D eigenvalue weighted by atomic mass is 10.2. The maximum absolute atomic E-state index is 11.9. The topological polar surface area (TPSA) is 71.5 Å². The molecule has 1 aromatic heterocycles. The van der Waals surface area contributed by atoms with Gasteiger partial charge >= 0.3 is 7.60 Å². The van der Waals surface area contributed by atoms with Crippen molar-refractivity contribution in [1.82, 2.24) is 10.3 Å². The third-order valence-electron chi connectivity index (χ3n) is 2.64. The molecular formula is C10H16BrN2O3P. The molecule has 0 saturated carbocycles. The summed E-state index contributed by atoms with van der Waals surface area (Å²) in [6.45, 7) is 2.28. The number of hydrogen-bond acceptors (Lipinski definition) is 4. The first-order valence-corrected chi connectivity index (χ1v) is 6.92. The summed E-state index contributed by atoms with van der Waals surface area (Å²) >= 11 is 0. The van der Waals surface area contributed by atoms with Crippen molar-refractivity contribution in [1.29, 1.82) is 0 Å². The van der Waals surface area contributed by atoms with Crippen LogP contribution in [0.1, 0.15) is 24.8 Å². The predicted molar refractivity (Wildman–Crippen MR) is 70.3 cm³/mol. The minimum absolute atomic E-state index is 0. The molecule has 17 heavy (non-hydrogen) atoms. The minimum atomic E-state index is -3.64. The van der Waals surface area contributed by atoms with E-state index in [1.165, 1.54) is 0 Å². The first-order valence-electron chi connectivity index (χ1n) is 5.27. The number of nitrogens with zero attached hydrogens (tertiary/aromatic N) is 1. The monoisotopic (exact) mass is 322 g/mol. The molecule has 0 aliphatic carbocycles. The lowest BCUT2D eigenvalue weighted by molar-refractivity contribution is 0.177. The van der Waals surface area contributed by atoms with Crippen LogP contribution in [0.3, 0.4) is 0 Å². The molecule has 3 unspecified atom stereocenters. The van der Waals surface area contributed by atoms with E-state index in [0.29, 0.717) is 5.69 Å². The molecule has 0 amide bonds. The SMILES string of the molecule is Br.CCC1COP(=O)(O)C(c2ccccn2)N1. The lowest BCUT2D eigenvalue weighted by Crippen LogP contribution is -2.40. The van der Waals surface area contributed by atoms with Crippen LogP contribution in [-0.2, 0) is 9.09 Å². The average Bonchev–Trinajstić information content (AvgIpc) is 2.30. The quantitative estimate of drug-likeness (QED) is 0.817. The molecule has 0 bridgehead atoms. The van der Waals surface area contributed by atoms with E-state index >= 15 is 0 Å². The summed E-state index contributed by atoms with van der Waals surface area (Å²) in [5.41, 5.74) is 0.548. The highest BCUT2D eigenvalue weighted by Gasteiger charge is 2.40. The fourth-order valence-electron chi connectivity index (χ4n) is 1.66. The molecule has 3 atom stereocenters. The summed E-state index contributed by atoms with van der Waals surface area (Å²) in [7, 11) is -3.64. The van der Waals surface area contributed by atoms with Gasteiger partial charge in [0, 0.05) is 12.2 Å². The van der Waals surface area contributed by atoms with Gasteiger partial charge in [-0.2, -0.15) is 0 Å². The molecule has 5 nitrogen and oxygen atoms in total. The second kappa shape index (κ2) is 6.07. The van der Waals surface area contributed by atoms with E-state index in [4.69, 9.17) is 4.52 Å². The molecule has 1 saturated heterocycles. The van der Waals surface area contributed by atoms with E-state index < -0.39 is 13.4 Å². The third kappa shape index (κ3) is 3.36. The molecule has 1 aliphatic heterocycles. The van der Waals surface area contributed by atoms with E-state index in [1.807, 2.05) is 6.92 Å². The maximum Gasteiger partial charge on any atom is 0.351 e. The summed E-state index contributed by atoms with van der Waals surface area (Å²) in [6, 6.07) is 5.38. The molecule has 1 aromatic rings. The van der Waals surface area contributed by atoms with Gasteiger partial charge in [0.05, 0.1) is 12.3 Å². The van der Waals surface area contributed by atoms with Crippen LogP contribution in [0.4, 0.5) is 0 Å². The Bertz CT molecular complexity index is 404. The Labute approximate surface area is 111 Å². The Balaban J connectivity index is 0.00000144. The summed E-state index contributed by atoms with van der Waals surface area (Å²) in [5.74, 6) is -0.715. The van der Waals surface area contributed by atoms with Gasteiger partial charge in [0.15, 0.2) is 5.78 Å². The van der Waals surface area contributed by atoms with Gasteiger partial charge in [-0.05, 0) is 18.6 Å². The Kier molecular flexibility index (Phi) is 5.28. The van der Waals surface area contributed by atoms with Gasteiger partial charge in [-0.15, -0.1) is 17.0 Å². The van der Waals surface area contributed by atoms with E-state index in [1.54, 1.807) is 24.4 Å². The molecule has 7 heteroatoms. The molecule has 2 rings (SSSR count). The van der Waals surface area contributed by atoms with Crippen LogP contribution in [0.15, 0.2) is 24.4 Å². The zero-order valence-electron chi connectivity index (χ0n) is 9.44. The second-order valence-electron chi connectivity index (χ2n) is 3.79. The van der Waals surface area contributed by atoms with Gasteiger partial charge in [-0.25, -0.2) is 0 Å². The van der Waals surface area contributed by atoms with Gasteiger partial charge in [0.1, 0.15) is 0 Å². The largest absolute Gasteiger partial charge is 0.351 e. The summed E-state index contributed by atoms with van der Waals surface area (Å²) in [5, 5.41) is 3.11. The van der Waals surface area contributed by atoms with Gasteiger partial charge in [0.2, 0.25) is 0 Å². The van der Waals surface area contributed by atoms with Crippen LogP contribution in [0.25, 0.3) is 0 Å². The van der Waals surface area contributed by atoms with Crippen molar-refractivity contribution in [3.05, 3.63) is 30.1 Å². The second-order valence-corrected chi connectivity index (χ2v) is 5.69. The molecule has 1 aliphatic rings. The predicted octanol–water partition coefficient (Wildman–Crippen LogP) is 2.24. The highest BCUT2D eigenvalue weighted by Crippen LogP contribution is 2.56. The smallest absolute Gasteiger partial charge is 0.323 e. The molecule has 0 aromatic carbocycles. The maximum atomic E-state index is 11.9. The Morgan fingerprint density at radius 3 is 3.00 bits per heavy atom. The molecule has 2 heterocycles. The van der Waals surface area contributed by atoms with Crippen molar-refractivity contribution >= 4 is 24.6 Å². The van der Waals surface area contributed by atoms with Crippen molar-refractivity contribution in [2.24, 2.45) is 0 Å². The van der Waals surface area contributed by atoms with E-state index in [0.717, 1.165) is 6.42 Å². The zero-order chi connectivity index (χ0) is 11.6. The van der Waals surface area contributed by atoms with Crippen LogP contribution in [0, 0.1) is 0 Å². The first-order chi connectivity index (χ1) is 7.63. The third-order valence-corrected chi connectivity index (χ3v) is 4.23. The van der Waals surface area contributed by atoms with Crippen molar-refractivity contribution in [3.63, 3.8) is 0 Å². The number of halogens is 1.